The number of fused-ring (bicyclic) bond motifs is 1. The number of nitrogens with two attached hydrogens (primary N) is 1. The van der Waals surface area contributed by atoms with E-state index >= 15 is 0 Å². The van der Waals surface area contributed by atoms with Gasteiger partial charge in [0.2, 0.25) is 10.0 Å². The third-order valence-corrected chi connectivity index (χ3v) is 5.88. The van der Waals surface area contributed by atoms with Crippen LogP contribution in [-0.4, -0.2) is 42.4 Å². The van der Waals surface area contributed by atoms with Gasteiger partial charge in [-0.1, -0.05) is 30.3 Å². The molecule has 0 unspecified atom stereocenters. The monoisotopic (exact) mass is 335 g/mol. The number of hydrogen-bond acceptors (Lipinski definition) is 5. The van der Waals surface area contributed by atoms with Gasteiger partial charge < -0.3 is 5.11 Å². The summed E-state index contributed by atoms with van der Waals surface area (Å²) in [6.07, 6.45) is -0.872. The summed E-state index contributed by atoms with van der Waals surface area (Å²) >= 11 is 0. The molecule has 122 valence electrons. The SMILES string of the molecule is NNC(=O)[C@@H]1C[C@H](O)CN1S(=O)(=O)c1ccc2ccccc2c1. The summed E-state index contributed by atoms with van der Waals surface area (Å²) in [6.45, 7) is -0.132. The van der Waals surface area contributed by atoms with Crippen molar-refractivity contribution < 1.29 is 18.3 Å². The predicted molar refractivity (Wildman–Crippen MR) is 84.6 cm³/mol. The number of β-amino-alcohol motifs (C(OH)–C–C–N with tert-alkyl or cyclic N) is 1. The summed E-state index contributed by atoms with van der Waals surface area (Å²) < 4.78 is 26.7. The molecular weight excluding hydrogens is 318 g/mol. The molecule has 0 bridgehead atoms. The van der Waals surface area contributed by atoms with Crippen LogP contribution >= 0.6 is 0 Å². The van der Waals surface area contributed by atoms with Gasteiger partial charge in [-0.2, -0.15) is 4.31 Å². The summed E-state index contributed by atoms with van der Waals surface area (Å²) in [7, 11) is -3.91. The molecule has 0 saturated carbocycles. The number of aliphatic hydroxyl groups excluding tert-OH is 1. The fraction of sp³-hybridized carbons (Fsp3) is 0.267. The molecule has 2 aromatic rings. The molecule has 2 aromatic carbocycles. The van der Waals surface area contributed by atoms with E-state index in [0.717, 1.165) is 15.1 Å². The van der Waals surface area contributed by atoms with Gasteiger partial charge in [0, 0.05) is 13.0 Å². The highest BCUT2D eigenvalue weighted by molar-refractivity contribution is 7.89. The Morgan fingerprint density at radius 3 is 2.61 bits per heavy atom. The van der Waals surface area contributed by atoms with Gasteiger partial charge in [0.05, 0.1) is 11.0 Å². The van der Waals surface area contributed by atoms with Crippen LogP contribution in [0.1, 0.15) is 6.42 Å². The molecule has 1 amide bonds. The number of rotatable bonds is 3. The Bertz CT molecular complexity index is 853. The van der Waals surface area contributed by atoms with Crippen LogP contribution in [-0.2, 0) is 14.8 Å². The summed E-state index contributed by atoms with van der Waals surface area (Å²) in [5.41, 5.74) is 1.95. The van der Waals surface area contributed by atoms with Crippen molar-refractivity contribution in [2.75, 3.05) is 6.54 Å². The fourth-order valence-electron chi connectivity index (χ4n) is 2.85. The molecule has 1 fully saturated rings. The smallest absolute Gasteiger partial charge is 0.252 e. The minimum absolute atomic E-state index is 0.0237. The van der Waals surface area contributed by atoms with Crippen LogP contribution in [0.3, 0.4) is 0 Å². The molecule has 4 N–H and O–H groups in total. The third-order valence-electron chi connectivity index (χ3n) is 4.01. The highest BCUT2D eigenvalue weighted by Crippen LogP contribution is 2.28. The number of hydrazine groups is 1. The molecule has 0 aliphatic carbocycles. The topological polar surface area (TPSA) is 113 Å². The first kappa shape index (κ1) is 15.9. The van der Waals surface area contributed by atoms with Crippen LogP contribution in [0.5, 0.6) is 0 Å². The van der Waals surface area contributed by atoms with Crippen LogP contribution in [0, 0.1) is 0 Å². The van der Waals surface area contributed by atoms with Crippen molar-refractivity contribution in [1.82, 2.24) is 9.73 Å². The van der Waals surface area contributed by atoms with E-state index in [0.29, 0.717) is 0 Å². The van der Waals surface area contributed by atoms with E-state index in [1.807, 2.05) is 29.7 Å². The number of nitrogens with one attached hydrogen (secondary N) is 1. The molecule has 3 rings (SSSR count). The zero-order valence-electron chi connectivity index (χ0n) is 12.2. The normalized spacial score (nSPS) is 22.3. The third kappa shape index (κ3) is 2.81. The lowest BCUT2D eigenvalue weighted by atomic mass is 10.1. The first-order valence-electron chi connectivity index (χ1n) is 7.12. The Kier molecular flexibility index (Phi) is 4.07. The van der Waals surface area contributed by atoms with Crippen molar-refractivity contribution in [3.05, 3.63) is 42.5 Å². The van der Waals surface area contributed by atoms with E-state index in [1.54, 1.807) is 12.1 Å². The maximum Gasteiger partial charge on any atom is 0.252 e. The van der Waals surface area contributed by atoms with Gasteiger partial charge >= 0.3 is 0 Å². The van der Waals surface area contributed by atoms with Gasteiger partial charge in [0.15, 0.2) is 0 Å². The molecule has 1 aliphatic heterocycles. The fourth-order valence-corrected chi connectivity index (χ4v) is 4.52. The Morgan fingerprint density at radius 2 is 1.91 bits per heavy atom. The minimum atomic E-state index is -3.91. The highest BCUT2D eigenvalue weighted by atomic mass is 32.2. The second kappa shape index (κ2) is 5.89. The standard InChI is InChI=1S/C15H17N3O4S/c16-17-15(20)14-8-12(19)9-18(14)23(21,22)13-6-5-10-3-1-2-4-11(10)7-13/h1-7,12,14,19H,8-9,16H2,(H,17,20)/t12-,14-/m0/s1. The highest BCUT2D eigenvalue weighted by Gasteiger charge is 2.43. The Morgan fingerprint density at radius 1 is 1.22 bits per heavy atom. The van der Waals surface area contributed by atoms with Crippen molar-refractivity contribution in [3.63, 3.8) is 0 Å². The molecule has 7 nitrogen and oxygen atoms in total. The van der Waals surface area contributed by atoms with Gasteiger partial charge in [-0.25, -0.2) is 14.3 Å². The van der Waals surface area contributed by atoms with Gasteiger partial charge in [-0.05, 0) is 22.9 Å². The lowest BCUT2D eigenvalue weighted by Gasteiger charge is -2.22. The summed E-state index contributed by atoms with van der Waals surface area (Å²) in [6, 6.07) is 11.2. The van der Waals surface area contributed by atoms with E-state index in [9.17, 15) is 18.3 Å². The van der Waals surface area contributed by atoms with Crippen LogP contribution < -0.4 is 11.3 Å². The van der Waals surface area contributed by atoms with Gasteiger partial charge in [0.1, 0.15) is 6.04 Å². The molecule has 8 heteroatoms. The number of hydrogen-bond donors (Lipinski definition) is 3. The molecule has 0 radical (unpaired) electrons. The average molecular weight is 335 g/mol. The van der Waals surface area contributed by atoms with E-state index < -0.39 is 28.1 Å². The van der Waals surface area contributed by atoms with Crippen LogP contribution in [0.4, 0.5) is 0 Å². The number of sulfonamides is 1. The molecular formula is C15H17N3O4S. The Labute approximate surface area is 133 Å². The number of benzene rings is 2. The quantitative estimate of drug-likeness (QED) is 0.414. The second-order valence-corrected chi connectivity index (χ2v) is 7.39. The number of carbonyl (C=O) groups is 1. The van der Waals surface area contributed by atoms with Crippen LogP contribution in [0.2, 0.25) is 0 Å². The lowest BCUT2D eigenvalue weighted by molar-refractivity contribution is -0.124. The van der Waals surface area contributed by atoms with Crippen molar-refractivity contribution in [2.24, 2.45) is 5.84 Å². The predicted octanol–water partition coefficient (Wildman–Crippen LogP) is -0.0464. The number of aliphatic hydroxyl groups is 1. The van der Waals surface area contributed by atoms with Gasteiger partial charge in [-0.3, -0.25) is 10.2 Å². The number of amides is 1. The Hall–Kier alpha value is -2.00. The van der Waals surface area contributed by atoms with Crippen molar-refractivity contribution in [2.45, 2.75) is 23.5 Å². The van der Waals surface area contributed by atoms with E-state index in [4.69, 9.17) is 5.84 Å². The van der Waals surface area contributed by atoms with E-state index in [1.165, 1.54) is 6.07 Å². The zero-order chi connectivity index (χ0) is 16.6. The maximum absolute atomic E-state index is 12.8. The molecule has 1 heterocycles. The number of carbonyl (C=O) groups excluding carboxylic acids is 1. The molecule has 23 heavy (non-hydrogen) atoms. The molecule has 0 aromatic heterocycles. The van der Waals surface area contributed by atoms with Crippen molar-refractivity contribution >= 4 is 26.7 Å². The summed E-state index contributed by atoms with van der Waals surface area (Å²) in [4.78, 5) is 11.9. The Balaban J connectivity index is 2.03. The second-order valence-electron chi connectivity index (χ2n) is 5.50. The maximum atomic E-state index is 12.8. The summed E-state index contributed by atoms with van der Waals surface area (Å²) in [5.74, 6) is 4.48. The zero-order valence-corrected chi connectivity index (χ0v) is 13.0. The number of nitrogens with zero attached hydrogens (tertiary/aromatic N) is 1. The van der Waals surface area contributed by atoms with Gasteiger partial charge in [0.25, 0.3) is 5.91 Å². The van der Waals surface area contributed by atoms with E-state index in [-0.39, 0.29) is 17.9 Å². The average Bonchev–Trinajstić information content (AvgIpc) is 2.96. The lowest BCUT2D eigenvalue weighted by Crippen LogP contribution is -2.47. The van der Waals surface area contributed by atoms with Gasteiger partial charge in [-0.15, -0.1) is 0 Å². The molecule has 0 spiro atoms. The van der Waals surface area contributed by atoms with E-state index in [2.05, 4.69) is 0 Å². The molecule has 2 atom stereocenters. The molecule has 1 saturated heterocycles. The largest absolute Gasteiger partial charge is 0.392 e. The first-order chi connectivity index (χ1) is 10.9. The van der Waals surface area contributed by atoms with Crippen LogP contribution in [0.25, 0.3) is 10.8 Å². The summed E-state index contributed by atoms with van der Waals surface area (Å²) in [5, 5.41) is 11.5. The van der Waals surface area contributed by atoms with Crippen LogP contribution in [0.15, 0.2) is 47.4 Å². The first-order valence-corrected chi connectivity index (χ1v) is 8.56. The molecule has 1 aliphatic rings. The minimum Gasteiger partial charge on any atom is -0.392 e. The van der Waals surface area contributed by atoms with Crippen molar-refractivity contribution in [3.8, 4) is 0 Å². The van der Waals surface area contributed by atoms with Crippen molar-refractivity contribution in [1.29, 1.82) is 0 Å².